The Morgan fingerprint density at radius 1 is 1.53 bits per heavy atom. The van der Waals surface area contributed by atoms with Gasteiger partial charge >= 0.3 is 5.97 Å². The molecule has 6 nitrogen and oxygen atoms in total. The van der Waals surface area contributed by atoms with E-state index in [0.717, 1.165) is 5.56 Å². The zero-order valence-electron chi connectivity index (χ0n) is 8.99. The van der Waals surface area contributed by atoms with E-state index in [9.17, 15) is 9.59 Å². The molecule has 2 heterocycles. The van der Waals surface area contributed by atoms with E-state index in [0.29, 0.717) is 12.1 Å². The molecule has 86 valence electrons. The molecule has 2 aromatic heterocycles. The fraction of sp³-hybridized carbons (Fsp3) is 0.0909. The maximum absolute atomic E-state index is 10.9. The number of aromatic nitrogens is 3. The molecule has 0 spiro atoms. The molecule has 2 rings (SSSR count). The van der Waals surface area contributed by atoms with Gasteiger partial charge in [0, 0.05) is 12.4 Å². The van der Waals surface area contributed by atoms with Crippen molar-refractivity contribution in [2.45, 2.75) is 6.92 Å². The van der Waals surface area contributed by atoms with Gasteiger partial charge in [0.1, 0.15) is 0 Å². The van der Waals surface area contributed by atoms with Crippen molar-refractivity contribution in [3.8, 4) is 5.82 Å². The topological polar surface area (TPSA) is 85.1 Å². The van der Waals surface area contributed by atoms with Gasteiger partial charge in [-0.05, 0) is 18.6 Å². The lowest BCUT2D eigenvalue weighted by molar-refractivity contribution is 0.0687. The van der Waals surface area contributed by atoms with E-state index in [1.54, 1.807) is 12.3 Å². The van der Waals surface area contributed by atoms with E-state index in [4.69, 9.17) is 5.11 Å². The fourth-order valence-corrected chi connectivity index (χ4v) is 1.47. The quantitative estimate of drug-likeness (QED) is 0.799. The molecule has 0 amide bonds. The molecule has 0 unspecified atom stereocenters. The van der Waals surface area contributed by atoms with Crippen molar-refractivity contribution >= 4 is 12.3 Å². The summed E-state index contributed by atoms with van der Waals surface area (Å²) in [5.41, 5.74) is 0.594. The molecular formula is C11H9N3O3. The van der Waals surface area contributed by atoms with Gasteiger partial charge in [0.05, 0.1) is 5.56 Å². The highest BCUT2D eigenvalue weighted by molar-refractivity contribution is 5.95. The third kappa shape index (κ3) is 1.92. The number of hydrogen-bond donors (Lipinski definition) is 1. The summed E-state index contributed by atoms with van der Waals surface area (Å²) < 4.78 is 1.29. The lowest BCUT2D eigenvalue weighted by Crippen LogP contribution is -2.04. The molecule has 0 aliphatic rings. The van der Waals surface area contributed by atoms with E-state index >= 15 is 0 Å². The Morgan fingerprint density at radius 3 is 2.82 bits per heavy atom. The smallest absolute Gasteiger partial charge is 0.357 e. The molecule has 17 heavy (non-hydrogen) atoms. The maximum Gasteiger partial charge on any atom is 0.357 e. The van der Waals surface area contributed by atoms with Crippen molar-refractivity contribution in [2.75, 3.05) is 0 Å². The number of rotatable bonds is 3. The molecule has 2 aromatic rings. The van der Waals surface area contributed by atoms with Crippen LogP contribution in [0.15, 0.2) is 24.5 Å². The molecule has 0 aliphatic carbocycles. The number of aromatic carboxylic acids is 1. The Hall–Kier alpha value is -2.50. The molecule has 0 saturated heterocycles. The van der Waals surface area contributed by atoms with Crippen LogP contribution in [0.3, 0.4) is 0 Å². The third-order valence-electron chi connectivity index (χ3n) is 2.27. The predicted molar refractivity (Wildman–Crippen MR) is 58.4 cm³/mol. The number of pyridine rings is 1. The van der Waals surface area contributed by atoms with Gasteiger partial charge in [0.25, 0.3) is 0 Å². The lowest BCUT2D eigenvalue weighted by Gasteiger charge is -2.02. The second-order valence-electron chi connectivity index (χ2n) is 3.44. The summed E-state index contributed by atoms with van der Waals surface area (Å²) in [6.45, 7) is 1.82. The van der Waals surface area contributed by atoms with Crippen LogP contribution in [0.1, 0.15) is 26.4 Å². The van der Waals surface area contributed by atoms with Crippen LogP contribution in [0.4, 0.5) is 0 Å². The van der Waals surface area contributed by atoms with Gasteiger partial charge in [-0.25, -0.2) is 14.5 Å². The standard InChI is InChI=1S/C11H9N3O3/c1-7-3-2-4-12-10(7)14-5-8(6-15)9(13-14)11(16)17/h2-6H,1H3,(H,16,17). The van der Waals surface area contributed by atoms with Crippen molar-refractivity contribution in [3.63, 3.8) is 0 Å². The normalized spacial score (nSPS) is 10.2. The highest BCUT2D eigenvalue weighted by atomic mass is 16.4. The van der Waals surface area contributed by atoms with Crippen LogP contribution in [0.2, 0.25) is 0 Å². The molecule has 6 heteroatoms. The molecule has 0 radical (unpaired) electrons. The summed E-state index contributed by atoms with van der Waals surface area (Å²) in [6.07, 6.45) is 3.39. The van der Waals surface area contributed by atoms with Crippen LogP contribution >= 0.6 is 0 Å². The van der Waals surface area contributed by atoms with Crippen LogP contribution in [-0.4, -0.2) is 32.1 Å². The fourth-order valence-electron chi connectivity index (χ4n) is 1.47. The van der Waals surface area contributed by atoms with E-state index in [1.807, 2.05) is 13.0 Å². The van der Waals surface area contributed by atoms with E-state index in [-0.39, 0.29) is 11.3 Å². The highest BCUT2D eigenvalue weighted by Gasteiger charge is 2.16. The molecule has 0 aromatic carbocycles. The Kier molecular flexibility index (Phi) is 2.70. The van der Waals surface area contributed by atoms with Crippen LogP contribution in [0.5, 0.6) is 0 Å². The van der Waals surface area contributed by atoms with Crippen LogP contribution in [0.25, 0.3) is 5.82 Å². The second-order valence-corrected chi connectivity index (χ2v) is 3.44. The molecule has 0 fully saturated rings. The van der Waals surface area contributed by atoms with Gasteiger partial charge in [-0.15, -0.1) is 0 Å². The average molecular weight is 231 g/mol. The number of carbonyl (C=O) groups is 2. The largest absolute Gasteiger partial charge is 0.476 e. The van der Waals surface area contributed by atoms with Crippen LogP contribution in [0, 0.1) is 6.92 Å². The first kappa shape index (κ1) is 11.0. The summed E-state index contributed by atoms with van der Waals surface area (Å²) in [4.78, 5) is 25.7. The molecule has 0 saturated carbocycles. The minimum absolute atomic E-state index is 0.0301. The number of carbonyl (C=O) groups excluding carboxylic acids is 1. The molecule has 0 aliphatic heterocycles. The molecule has 1 N–H and O–H groups in total. The Labute approximate surface area is 96.5 Å². The SMILES string of the molecule is Cc1cccnc1-n1cc(C=O)c(C(=O)O)n1. The maximum atomic E-state index is 10.9. The summed E-state index contributed by atoms with van der Waals surface area (Å²) in [5.74, 6) is -0.734. The van der Waals surface area contributed by atoms with Crippen LogP contribution < -0.4 is 0 Å². The van der Waals surface area contributed by atoms with Crippen LogP contribution in [-0.2, 0) is 0 Å². The van der Waals surface area contributed by atoms with Crippen molar-refractivity contribution in [2.24, 2.45) is 0 Å². The number of aldehydes is 1. The first-order chi connectivity index (χ1) is 8.13. The zero-order valence-corrected chi connectivity index (χ0v) is 8.99. The highest BCUT2D eigenvalue weighted by Crippen LogP contribution is 2.12. The summed E-state index contributed by atoms with van der Waals surface area (Å²) in [5, 5.41) is 12.7. The summed E-state index contributed by atoms with van der Waals surface area (Å²) in [6, 6.07) is 3.59. The van der Waals surface area contributed by atoms with Crippen molar-refractivity contribution in [1.82, 2.24) is 14.8 Å². The van der Waals surface area contributed by atoms with Crippen molar-refractivity contribution in [3.05, 3.63) is 41.3 Å². The van der Waals surface area contributed by atoms with Gasteiger partial charge in [-0.1, -0.05) is 6.07 Å². The number of nitrogens with zero attached hydrogens (tertiary/aromatic N) is 3. The average Bonchev–Trinajstić information content (AvgIpc) is 2.73. The van der Waals surface area contributed by atoms with Gasteiger partial charge in [-0.3, -0.25) is 4.79 Å². The number of carboxylic acids is 1. The number of carboxylic acid groups (broad SMARTS) is 1. The zero-order chi connectivity index (χ0) is 12.4. The Balaban J connectivity index is 2.58. The monoisotopic (exact) mass is 231 g/mol. The molecular weight excluding hydrogens is 222 g/mol. The van der Waals surface area contributed by atoms with Gasteiger partial charge in [0.15, 0.2) is 17.8 Å². The second kappa shape index (κ2) is 4.17. The third-order valence-corrected chi connectivity index (χ3v) is 2.27. The van der Waals surface area contributed by atoms with Gasteiger partial charge in [0.2, 0.25) is 0 Å². The first-order valence-electron chi connectivity index (χ1n) is 4.83. The summed E-state index contributed by atoms with van der Waals surface area (Å²) in [7, 11) is 0. The number of aryl methyl sites for hydroxylation is 1. The van der Waals surface area contributed by atoms with Gasteiger partial charge < -0.3 is 5.11 Å². The van der Waals surface area contributed by atoms with Gasteiger partial charge in [-0.2, -0.15) is 5.10 Å². The summed E-state index contributed by atoms with van der Waals surface area (Å²) >= 11 is 0. The Bertz CT molecular complexity index is 589. The van der Waals surface area contributed by atoms with E-state index in [1.165, 1.54) is 10.9 Å². The minimum atomic E-state index is -1.24. The predicted octanol–water partition coefficient (Wildman–Crippen LogP) is 1.09. The lowest BCUT2D eigenvalue weighted by atomic mass is 10.3. The van der Waals surface area contributed by atoms with Crippen molar-refractivity contribution in [1.29, 1.82) is 0 Å². The van der Waals surface area contributed by atoms with E-state index in [2.05, 4.69) is 10.1 Å². The minimum Gasteiger partial charge on any atom is -0.476 e. The van der Waals surface area contributed by atoms with E-state index < -0.39 is 5.97 Å². The van der Waals surface area contributed by atoms with Crippen molar-refractivity contribution < 1.29 is 14.7 Å². The first-order valence-corrected chi connectivity index (χ1v) is 4.83. The molecule has 0 bridgehead atoms. The number of hydrogen-bond acceptors (Lipinski definition) is 4. The molecule has 0 atom stereocenters. The Morgan fingerprint density at radius 2 is 2.29 bits per heavy atom.